The average Bonchev–Trinajstić information content (AvgIpc) is 2.31. The third-order valence-electron chi connectivity index (χ3n) is 2.47. The van der Waals surface area contributed by atoms with Gasteiger partial charge in [-0.3, -0.25) is 9.59 Å². The molecule has 5 heteroatoms. The maximum absolute atomic E-state index is 12.0. The second-order valence-electron chi connectivity index (χ2n) is 3.98. The molecule has 0 atom stereocenters. The Morgan fingerprint density at radius 2 is 2.00 bits per heavy atom. The molecule has 1 N–H and O–H groups in total. The number of halogens is 1. The van der Waals surface area contributed by atoms with Crippen LogP contribution in [0.25, 0.3) is 0 Å². The highest BCUT2D eigenvalue weighted by molar-refractivity contribution is 9.10. The third-order valence-corrected chi connectivity index (χ3v) is 3.25. The molecular formula is C13H16BrNO3. The van der Waals surface area contributed by atoms with Crippen LogP contribution in [0, 0.1) is 0 Å². The first-order chi connectivity index (χ1) is 8.54. The van der Waals surface area contributed by atoms with E-state index >= 15 is 0 Å². The Kier molecular flexibility index (Phi) is 5.85. The zero-order chi connectivity index (χ0) is 13.5. The number of rotatable bonds is 6. The number of hydrogen-bond acceptors (Lipinski definition) is 2. The van der Waals surface area contributed by atoms with Gasteiger partial charge in [0.15, 0.2) is 0 Å². The number of aliphatic carboxylic acids is 1. The Labute approximate surface area is 115 Å². The van der Waals surface area contributed by atoms with Crippen molar-refractivity contribution in [2.75, 3.05) is 13.1 Å². The standard InChI is InChI=1S/C13H16BrNO3/c1-2-7-15(9-13(17)18)12(16)8-10-5-3-4-6-11(10)14/h3-6H,2,7-9H2,1H3,(H,17,18). The van der Waals surface area contributed by atoms with Crippen molar-refractivity contribution in [1.82, 2.24) is 4.90 Å². The van der Waals surface area contributed by atoms with Crippen molar-refractivity contribution in [3.05, 3.63) is 34.3 Å². The van der Waals surface area contributed by atoms with Crippen LogP contribution in [0.15, 0.2) is 28.7 Å². The van der Waals surface area contributed by atoms with Gasteiger partial charge in [-0.25, -0.2) is 0 Å². The molecule has 0 unspecified atom stereocenters. The van der Waals surface area contributed by atoms with Crippen LogP contribution >= 0.6 is 15.9 Å². The van der Waals surface area contributed by atoms with Gasteiger partial charge >= 0.3 is 5.97 Å². The number of hydrogen-bond donors (Lipinski definition) is 1. The van der Waals surface area contributed by atoms with E-state index in [1.165, 1.54) is 4.90 Å². The lowest BCUT2D eigenvalue weighted by atomic mass is 10.1. The highest BCUT2D eigenvalue weighted by Gasteiger charge is 2.16. The quantitative estimate of drug-likeness (QED) is 0.876. The normalized spacial score (nSPS) is 10.1. The summed E-state index contributed by atoms with van der Waals surface area (Å²) < 4.78 is 0.866. The highest BCUT2D eigenvalue weighted by atomic mass is 79.9. The predicted molar refractivity (Wildman–Crippen MR) is 72.4 cm³/mol. The van der Waals surface area contributed by atoms with Gasteiger partial charge in [-0.05, 0) is 18.1 Å². The van der Waals surface area contributed by atoms with Gasteiger partial charge in [0.05, 0.1) is 6.42 Å². The average molecular weight is 314 g/mol. The fourth-order valence-electron chi connectivity index (χ4n) is 1.64. The molecule has 18 heavy (non-hydrogen) atoms. The minimum atomic E-state index is -0.982. The molecule has 1 amide bonds. The Morgan fingerprint density at radius 3 is 2.56 bits per heavy atom. The lowest BCUT2D eigenvalue weighted by Crippen LogP contribution is -2.37. The van der Waals surface area contributed by atoms with Gasteiger partial charge in [0.2, 0.25) is 5.91 Å². The number of carbonyl (C=O) groups excluding carboxylic acids is 1. The summed E-state index contributed by atoms with van der Waals surface area (Å²) in [5.74, 6) is -1.14. The van der Waals surface area contributed by atoms with Crippen molar-refractivity contribution >= 4 is 27.8 Å². The zero-order valence-corrected chi connectivity index (χ0v) is 11.8. The second-order valence-corrected chi connectivity index (χ2v) is 4.83. The van der Waals surface area contributed by atoms with E-state index in [-0.39, 0.29) is 18.9 Å². The fraction of sp³-hybridized carbons (Fsp3) is 0.385. The molecule has 4 nitrogen and oxygen atoms in total. The molecule has 1 aromatic rings. The molecule has 0 fully saturated rings. The van der Waals surface area contributed by atoms with E-state index in [1.807, 2.05) is 31.2 Å². The summed E-state index contributed by atoms with van der Waals surface area (Å²) in [5, 5.41) is 8.78. The van der Waals surface area contributed by atoms with Crippen LogP contribution < -0.4 is 0 Å². The van der Waals surface area contributed by atoms with Crippen LogP contribution in [-0.2, 0) is 16.0 Å². The Balaban J connectivity index is 2.72. The van der Waals surface area contributed by atoms with Crippen molar-refractivity contribution in [2.45, 2.75) is 19.8 Å². The van der Waals surface area contributed by atoms with E-state index in [1.54, 1.807) is 0 Å². The summed E-state index contributed by atoms with van der Waals surface area (Å²) in [7, 11) is 0. The minimum Gasteiger partial charge on any atom is -0.480 e. The molecule has 0 aliphatic heterocycles. The molecule has 0 radical (unpaired) electrons. The number of nitrogens with zero attached hydrogens (tertiary/aromatic N) is 1. The fourth-order valence-corrected chi connectivity index (χ4v) is 2.07. The van der Waals surface area contributed by atoms with E-state index in [9.17, 15) is 9.59 Å². The number of benzene rings is 1. The highest BCUT2D eigenvalue weighted by Crippen LogP contribution is 2.17. The smallest absolute Gasteiger partial charge is 0.323 e. The first-order valence-corrected chi connectivity index (χ1v) is 6.57. The van der Waals surface area contributed by atoms with Gasteiger partial charge in [-0.1, -0.05) is 41.1 Å². The van der Waals surface area contributed by atoms with E-state index in [0.717, 1.165) is 16.5 Å². The molecule has 98 valence electrons. The van der Waals surface area contributed by atoms with Crippen LogP contribution in [0.4, 0.5) is 0 Å². The van der Waals surface area contributed by atoms with E-state index < -0.39 is 5.97 Å². The Hall–Kier alpha value is -1.36. The van der Waals surface area contributed by atoms with Crippen molar-refractivity contribution in [1.29, 1.82) is 0 Å². The SMILES string of the molecule is CCCN(CC(=O)O)C(=O)Cc1ccccc1Br. The summed E-state index contributed by atoms with van der Waals surface area (Å²) in [4.78, 5) is 24.1. The van der Waals surface area contributed by atoms with E-state index in [4.69, 9.17) is 5.11 Å². The Bertz CT molecular complexity index is 434. The largest absolute Gasteiger partial charge is 0.480 e. The van der Waals surface area contributed by atoms with Crippen LogP contribution in [0.3, 0.4) is 0 Å². The molecule has 1 rings (SSSR count). The summed E-state index contributed by atoms with van der Waals surface area (Å²) in [6.07, 6.45) is 0.962. The lowest BCUT2D eigenvalue weighted by Gasteiger charge is -2.20. The number of carboxylic acid groups (broad SMARTS) is 1. The topological polar surface area (TPSA) is 57.6 Å². The van der Waals surface area contributed by atoms with Crippen molar-refractivity contribution < 1.29 is 14.7 Å². The van der Waals surface area contributed by atoms with Gasteiger partial charge < -0.3 is 10.0 Å². The van der Waals surface area contributed by atoms with E-state index in [2.05, 4.69) is 15.9 Å². The Morgan fingerprint density at radius 1 is 1.33 bits per heavy atom. The maximum Gasteiger partial charge on any atom is 0.323 e. The van der Waals surface area contributed by atoms with Crippen LogP contribution in [0.2, 0.25) is 0 Å². The molecule has 1 aromatic carbocycles. The number of amides is 1. The predicted octanol–water partition coefficient (Wildman–Crippen LogP) is 2.31. The van der Waals surface area contributed by atoms with Gasteiger partial charge in [-0.15, -0.1) is 0 Å². The molecule has 0 bridgehead atoms. The van der Waals surface area contributed by atoms with Crippen molar-refractivity contribution in [3.8, 4) is 0 Å². The first kappa shape index (κ1) is 14.7. The third kappa shape index (κ3) is 4.49. The number of carbonyl (C=O) groups is 2. The van der Waals surface area contributed by atoms with Gasteiger partial charge in [0.25, 0.3) is 0 Å². The van der Waals surface area contributed by atoms with Crippen molar-refractivity contribution in [3.63, 3.8) is 0 Å². The molecule has 0 aliphatic rings. The molecule has 0 saturated carbocycles. The molecule has 0 aliphatic carbocycles. The van der Waals surface area contributed by atoms with Crippen molar-refractivity contribution in [2.24, 2.45) is 0 Å². The summed E-state index contributed by atoms with van der Waals surface area (Å²) >= 11 is 3.38. The monoisotopic (exact) mass is 313 g/mol. The first-order valence-electron chi connectivity index (χ1n) is 5.77. The van der Waals surface area contributed by atoms with Gasteiger partial charge in [0.1, 0.15) is 6.54 Å². The van der Waals surface area contributed by atoms with Gasteiger partial charge in [-0.2, -0.15) is 0 Å². The molecular weight excluding hydrogens is 298 g/mol. The molecule has 0 heterocycles. The number of carboxylic acids is 1. The van der Waals surface area contributed by atoms with Crippen LogP contribution in [-0.4, -0.2) is 35.0 Å². The maximum atomic E-state index is 12.0. The molecule has 0 saturated heterocycles. The van der Waals surface area contributed by atoms with Gasteiger partial charge in [0, 0.05) is 11.0 Å². The molecule has 0 spiro atoms. The minimum absolute atomic E-state index is 0.161. The summed E-state index contributed by atoms with van der Waals surface area (Å²) in [5.41, 5.74) is 0.869. The molecule has 0 aromatic heterocycles. The van der Waals surface area contributed by atoms with Crippen LogP contribution in [0.1, 0.15) is 18.9 Å². The lowest BCUT2D eigenvalue weighted by molar-refractivity contribution is -0.144. The zero-order valence-electron chi connectivity index (χ0n) is 10.2. The summed E-state index contributed by atoms with van der Waals surface area (Å²) in [6, 6.07) is 7.45. The van der Waals surface area contributed by atoms with Crippen LogP contribution in [0.5, 0.6) is 0 Å². The van der Waals surface area contributed by atoms with E-state index in [0.29, 0.717) is 6.54 Å². The summed E-state index contributed by atoms with van der Waals surface area (Å²) in [6.45, 7) is 2.15. The second kappa shape index (κ2) is 7.16.